The molecular weight excluding hydrogens is 272 g/mol. The molecule has 112 valence electrons. The summed E-state index contributed by atoms with van der Waals surface area (Å²) in [6, 6.07) is 5.08. The molecule has 0 spiro atoms. The summed E-state index contributed by atoms with van der Waals surface area (Å²) in [6.45, 7) is 1.82. The number of carbonyl (C=O) groups excluding carboxylic acids is 2. The van der Waals surface area contributed by atoms with E-state index in [0.29, 0.717) is 17.7 Å². The van der Waals surface area contributed by atoms with E-state index >= 15 is 0 Å². The molecule has 0 saturated heterocycles. The Morgan fingerprint density at radius 3 is 2.43 bits per heavy atom. The Balaban J connectivity index is 2.11. The Morgan fingerprint density at radius 2 is 1.90 bits per heavy atom. The minimum absolute atomic E-state index is 0.140. The van der Waals surface area contributed by atoms with Crippen LogP contribution in [0.1, 0.15) is 22.3 Å². The van der Waals surface area contributed by atoms with Crippen molar-refractivity contribution in [3.63, 3.8) is 0 Å². The van der Waals surface area contributed by atoms with Crippen molar-refractivity contribution in [1.82, 2.24) is 4.90 Å². The van der Waals surface area contributed by atoms with Crippen LogP contribution in [0, 0.1) is 18.8 Å². The van der Waals surface area contributed by atoms with Crippen molar-refractivity contribution in [2.24, 2.45) is 11.8 Å². The largest absolute Gasteiger partial charge is 0.481 e. The van der Waals surface area contributed by atoms with E-state index in [9.17, 15) is 14.4 Å². The second-order valence-corrected chi connectivity index (χ2v) is 5.51. The third-order valence-electron chi connectivity index (χ3n) is 3.59. The van der Waals surface area contributed by atoms with Crippen molar-refractivity contribution in [1.29, 1.82) is 0 Å². The molecule has 0 bridgehead atoms. The van der Waals surface area contributed by atoms with E-state index in [-0.39, 0.29) is 11.8 Å². The van der Waals surface area contributed by atoms with Crippen LogP contribution in [0.4, 0.5) is 5.69 Å². The average Bonchev–Trinajstić information content (AvgIpc) is 3.20. The Kier molecular flexibility index (Phi) is 3.97. The molecule has 6 heteroatoms. The highest BCUT2D eigenvalue weighted by Crippen LogP contribution is 2.39. The normalized spacial score (nSPS) is 19.8. The third kappa shape index (κ3) is 3.21. The fourth-order valence-electron chi connectivity index (χ4n) is 2.16. The van der Waals surface area contributed by atoms with E-state index in [2.05, 4.69) is 5.32 Å². The molecule has 2 atom stereocenters. The minimum atomic E-state index is -0.942. The summed E-state index contributed by atoms with van der Waals surface area (Å²) < 4.78 is 0. The molecule has 0 aliphatic heterocycles. The van der Waals surface area contributed by atoms with Crippen LogP contribution in [0.3, 0.4) is 0 Å². The number of hydrogen-bond donors (Lipinski definition) is 2. The molecule has 6 nitrogen and oxygen atoms in total. The summed E-state index contributed by atoms with van der Waals surface area (Å²) in [4.78, 5) is 36.2. The molecule has 2 N–H and O–H groups in total. The summed E-state index contributed by atoms with van der Waals surface area (Å²) in [5.74, 6) is -2.45. The highest BCUT2D eigenvalue weighted by atomic mass is 16.4. The van der Waals surface area contributed by atoms with Crippen LogP contribution in [-0.2, 0) is 9.59 Å². The van der Waals surface area contributed by atoms with Gasteiger partial charge in [0.1, 0.15) is 0 Å². The fraction of sp³-hybridized carbons (Fsp3) is 0.400. The quantitative estimate of drug-likeness (QED) is 0.876. The van der Waals surface area contributed by atoms with E-state index in [0.717, 1.165) is 5.56 Å². The van der Waals surface area contributed by atoms with Gasteiger partial charge in [0.05, 0.1) is 11.8 Å². The number of carbonyl (C=O) groups is 3. The van der Waals surface area contributed by atoms with Gasteiger partial charge in [-0.3, -0.25) is 14.4 Å². The maximum Gasteiger partial charge on any atom is 0.307 e. The number of hydrogen-bond acceptors (Lipinski definition) is 3. The zero-order valence-electron chi connectivity index (χ0n) is 12.2. The summed E-state index contributed by atoms with van der Waals surface area (Å²) in [7, 11) is 3.32. The predicted molar refractivity (Wildman–Crippen MR) is 77.1 cm³/mol. The van der Waals surface area contributed by atoms with Crippen LogP contribution in [0.25, 0.3) is 0 Å². The van der Waals surface area contributed by atoms with Crippen LogP contribution in [-0.4, -0.2) is 41.9 Å². The third-order valence-corrected chi connectivity index (χ3v) is 3.59. The number of rotatable bonds is 4. The van der Waals surface area contributed by atoms with E-state index in [1.54, 1.807) is 32.3 Å². The van der Waals surface area contributed by atoms with Gasteiger partial charge in [-0.2, -0.15) is 0 Å². The summed E-state index contributed by atoms with van der Waals surface area (Å²) in [5.41, 5.74) is 1.84. The number of carboxylic acid groups (broad SMARTS) is 1. The fourth-order valence-corrected chi connectivity index (χ4v) is 2.16. The molecule has 1 aromatic carbocycles. The Hall–Kier alpha value is -2.37. The highest BCUT2D eigenvalue weighted by molar-refractivity contribution is 6.00. The molecule has 1 aliphatic rings. The van der Waals surface area contributed by atoms with Gasteiger partial charge in [-0.05, 0) is 31.0 Å². The molecule has 21 heavy (non-hydrogen) atoms. The summed E-state index contributed by atoms with van der Waals surface area (Å²) in [6.07, 6.45) is 0.372. The molecule has 0 heterocycles. The van der Waals surface area contributed by atoms with Crippen LogP contribution in [0.5, 0.6) is 0 Å². The first-order chi connectivity index (χ1) is 9.81. The maximum atomic E-state index is 12.0. The second kappa shape index (κ2) is 5.55. The van der Waals surface area contributed by atoms with E-state index in [1.165, 1.54) is 4.90 Å². The first-order valence-corrected chi connectivity index (χ1v) is 6.67. The molecule has 1 aromatic rings. The molecular formula is C15H18N2O4. The molecule has 1 aliphatic carbocycles. The lowest BCUT2D eigenvalue weighted by Gasteiger charge is -2.14. The number of amides is 2. The topological polar surface area (TPSA) is 86.7 Å². The van der Waals surface area contributed by atoms with Gasteiger partial charge < -0.3 is 15.3 Å². The Labute approximate surface area is 122 Å². The first-order valence-electron chi connectivity index (χ1n) is 6.67. The standard InChI is InChI=1S/C15H18N2O4/c1-8-4-5-9(6-10(8)14(19)17(2)3)16-13(18)11-7-12(11)15(20)21/h4-6,11-12H,7H2,1-3H3,(H,16,18)(H,20,21). The van der Waals surface area contributed by atoms with Gasteiger partial charge in [-0.25, -0.2) is 0 Å². The number of carboxylic acids is 1. The molecule has 2 amide bonds. The smallest absolute Gasteiger partial charge is 0.307 e. The minimum Gasteiger partial charge on any atom is -0.481 e. The number of aryl methyl sites for hydroxylation is 1. The summed E-state index contributed by atoms with van der Waals surface area (Å²) >= 11 is 0. The second-order valence-electron chi connectivity index (χ2n) is 5.51. The van der Waals surface area contributed by atoms with Gasteiger partial charge in [0.2, 0.25) is 5.91 Å². The zero-order chi connectivity index (χ0) is 15.7. The van der Waals surface area contributed by atoms with Crippen molar-refractivity contribution in [3.8, 4) is 0 Å². The lowest BCUT2D eigenvalue weighted by Crippen LogP contribution is -2.23. The number of anilines is 1. The number of nitrogens with one attached hydrogen (secondary N) is 1. The zero-order valence-corrected chi connectivity index (χ0v) is 12.2. The monoisotopic (exact) mass is 290 g/mol. The molecule has 1 saturated carbocycles. The Morgan fingerprint density at radius 1 is 1.24 bits per heavy atom. The SMILES string of the molecule is Cc1ccc(NC(=O)C2CC2C(=O)O)cc1C(=O)N(C)C. The van der Waals surface area contributed by atoms with E-state index < -0.39 is 17.8 Å². The van der Waals surface area contributed by atoms with Gasteiger partial charge in [0.25, 0.3) is 5.91 Å². The number of nitrogens with zero attached hydrogens (tertiary/aromatic N) is 1. The van der Waals surface area contributed by atoms with Crippen molar-refractivity contribution in [3.05, 3.63) is 29.3 Å². The van der Waals surface area contributed by atoms with Crippen molar-refractivity contribution < 1.29 is 19.5 Å². The lowest BCUT2D eigenvalue weighted by molar-refractivity contribution is -0.139. The molecule has 1 fully saturated rings. The number of benzene rings is 1. The van der Waals surface area contributed by atoms with E-state index in [1.807, 2.05) is 6.92 Å². The van der Waals surface area contributed by atoms with Crippen LogP contribution in [0.2, 0.25) is 0 Å². The van der Waals surface area contributed by atoms with Crippen molar-refractivity contribution in [2.45, 2.75) is 13.3 Å². The van der Waals surface area contributed by atoms with Crippen molar-refractivity contribution in [2.75, 3.05) is 19.4 Å². The van der Waals surface area contributed by atoms with Crippen LogP contribution in [0.15, 0.2) is 18.2 Å². The van der Waals surface area contributed by atoms with Gasteiger partial charge in [0, 0.05) is 25.3 Å². The molecule has 0 aromatic heterocycles. The van der Waals surface area contributed by atoms with Gasteiger partial charge in [-0.15, -0.1) is 0 Å². The molecule has 0 radical (unpaired) electrons. The predicted octanol–water partition coefficient (Wildman–Crippen LogP) is 1.36. The van der Waals surface area contributed by atoms with Crippen LogP contribution < -0.4 is 5.32 Å². The van der Waals surface area contributed by atoms with Crippen LogP contribution >= 0.6 is 0 Å². The molecule has 2 unspecified atom stereocenters. The average molecular weight is 290 g/mol. The van der Waals surface area contributed by atoms with Gasteiger partial charge in [-0.1, -0.05) is 6.07 Å². The first kappa shape index (κ1) is 15.0. The molecule has 2 rings (SSSR count). The lowest BCUT2D eigenvalue weighted by atomic mass is 10.1. The summed E-state index contributed by atoms with van der Waals surface area (Å²) in [5, 5.41) is 11.5. The van der Waals surface area contributed by atoms with Crippen molar-refractivity contribution >= 4 is 23.5 Å². The number of aliphatic carboxylic acids is 1. The Bertz CT molecular complexity index is 610. The van der Waals surface area contributed by atoms with E-state index in [4.69, 9.17) is 5.11 Å². The highest BCUT2D eigenvalue weighted by Gasteiger charge is 2.48. The maximum absolute atomic E-state index is 12.0. The van der Waals surface area contributed by atoms with Gasteiger partial charge >= 0.3 is 5.97 Å². The van der Waals surface area contributed by atoms with Gasteiger partial charge in [0.15, 0.2) is 0 Å².